The average Bonchev–Trinajstić information content (AvgIpc) is 2.23. The van der Waals surface area contributed by atoms with E-state index in [2.05, 4.69) is 10.5 Å². The first kappa shape index (κ1) is 13.2. The van der Waals surface area contributed by atoms with Crippen LogP contribution in [0.2, 0.25) is 0 Å². The van der Waals surface area contributed by atoms with Crippen molar-refractivity contribution in [2.45, 2.75) is 25.3 Å². The molecule has 0 aliphatic rings. The SMILES string of the molecule is NC(CCCCNC(CO)CO)=NO. The van der Waals surface area contributed by atoms with Crippen molar-refractivity contribution >= 4 is 5.84 Å². The number of nitrogens with one attached hydrogen (secondary N) is 1. The first-order valence-corrected chi connectivity index (χ1v) is 4.66. The van der Waals surface area contributed by atoms with Crippen LogP contribution in [-0.2, 0) is 0 Å². The highest BCUT2D eigenvalue weighted by Crippen LogP contribution is 1.94. The van der Waals surface area contributed by atoms with E-state index in [1.807, 2.05) is 0 Å². The van der Waals surface area contributed by atoms with E-state index in [0.717, 1.165) is 12.8 Å². The molecule has 0 saturated heterocycles. The number of aliphatic hydroxyl groups is 2. The highest BCUT2D eigenvalue weighted by Gasteiger charge is 2.03. The van der Waals surface area contributed by atoms with E-state index < -0.39 is 0 Å². The van der Waals surface area contributed by atoms with Crippen molar-refractivity contribution in [3.63, 3.8) is 0 Å². The standard InChI is InChI=1S/C8H19N3O3/c9-8(11-14)3-1-2-4-10-7(5-12)6-13/h7,10,12-14H,1-6H2,(H2,9,11). The third-order valence-electron chi connectivity index (χ3n) is 1.86. The molecule has 0 rings (SSSR count). The normalized spacial score (nSPS) is 12.4. The Balaban J connectivity index is 3.29. The van der Waals surface area contributed by atoms with Crippen molar-refractivity contribution in [2.24, 2.45) is 10.9 Å². The van der Waals surface area contributed by atoms with Crippen LogP contribution >= 0.6 is 0 Å². The predicted octanol–water partition coefficient (Wildman–Crippen LogP) is -1.15. The number of unbranched alkanes of at least 4 members (excludes halogenated alkanes) is 1. The molecular formula is C8H19N3O3. The van der Waals surface area contributed by atoms with Crippen LogP contribution in [0.1, 0.15) is 19.3 Å². The first-order chi connectivity index (χ1) is 6.74. The van der Waals surface area contributed by atoms with Crippen molar-refractivity contribution < 1.29 is 15.4 Å². The second-order valence-electron chi connectivity index (χ2n) is 3.06. The van der Waals surface area contributed by atoms with Gasteiger partial charge in [0.05, 0.1) is 19.3 Å². The van der Waals surface area contributed by atoms with E-state index >= 15 is 0 Å². The maximum atomic E-state index is 8.71. The van der Waals surface area contributed by atoms with Crippen LogP contribution in [0.4, 0.5) is 0 Å². The number of nitrogens with two attached hydrogens (primary N) is 1. The molecule has 0 atom stereocenters. The van der Waals surface area contributed by atoms with E-state index in [-0.39, 0.29) is 25.1 Å². The zero-order valence-corrected chi connectivity index (χ0v) is 8.19. The minimum absolute atomic E-state index is 0.0727. The molecule has 0 unspecified atom stereocenters. The van der Waals surface area contributed by atoms with Gasteiger partial charge in [-0.15, -0.1) is 0 Å². The number of hydrogen-bond acceptors (Lipinski definition) is 5. The number of hydrogen-bond donors (Lipinski definition) is 5. The van der Waals surface area contributed by atoms with E-state index in [1.54, 1.807) is 0 Å². The van der Waals surface area contributed by atoms with Gasteiger partial charge in [-0.3, -0.25) is 0 Å². The molecule has 14 heavy (non-hydrogen) atoms. The molecule has 0 aromatic heterocycles. The lowest BCUT2D eigenvalue weighted by Crippen LogP contribution is -2.36. The van der Waals surface area contributed by atoms with Crippen LogP contribution in [0.15, 0.2) is 5.16 Å². The van der Waals surface area contributed by atoms with Gasteiger partial charge in [-0.1, -0.05) is 5.16 Å². The Morgan fingerprint density at radius 2 is 1.93 bits per heavy atom. The summed E-state index contributed by atoms with van der Waals surface area (Å²) in [7, 11) is 0. The molecule has 0 radical (unpaired) electrons. The number of nitrogens with zero attached hydrogens (tertiary/aromatic N) is 1. The van der Waals surface area contributed by atoms with Crippen molar-refractivity contribution in [1.29, 1.82) is 0 Å². The number of oxime groups is 1. The summed E-state index contributed by atoms with van der Waals surface area (Å²) in [5, 5.41) is 31.5. The Morgan fingerprint density at radius 3 is 2.43 bits per heavy atom. The van der Waals surface area contributed by atoms with Crippen LogP contribution in [0.25, 0.3) is 0 Å². The maximum Gasteiger partial charge on any atom is 0.139 e. The highest BCUT2D eigenvalue weighted by atomic mass is 16.4. The average molecular weight is 205 g/mol. The van der Waals surface area contributed by atoms with Gasteiger partial charge in [0.15, 0.2) is 0 Å². The minimum atomic E-state index is -0.251. The molecule has 0 aromatic rings. The first-order valence-electron chi connectivity index (χ1n) is 4.66. The van der Waals surface area contributed by atoms with Gasteiger partial charge in [0.25, 0.3) is 0 Å². The van der Waals surface area contributed by atoms with Gasteiger partial charge in [-0.05, 0) is 19.4 Å². The van der Waals surface area contributed by atoms with Gasteiger partial charge in [-0.25, -0.2) is 0 Å². The van der Waals surface area contributed by atoms with Crippen LogP contribution in [0, 0.1) is 0 Å². The Bertz CT molecular complexity index is 160. The smallest absolute Gasteiger partial charge is 0.139 e. The molecule has 0 bridgehead atoms. The van der Waals surface area contributed by atoms with Gasteiger partial charge in [0, 0.05) is 6.42 Å². The molecule has 0 heterocycles. The quantitative estimate of drug-likeness (QED) is 0.113. The molecule has 84 valence electrons. The van der Waals surface area contributed by atoms with Gasteiger partial charge in [-0.2, -0.15) is 0 Å². The third-order valence-corrected chi connectivity index (χ3v) is 1.86. The lowest BCUT2D eigenvalue weighted by molar-refractivity contribution is 0.171. The maximum absolute atomic E-state index is 8.71. The topological polar surface area (TPSA) is 111 Å². The van der Waals surface area contributed by atoms with Crippen molar-refractivity contribution in [1.82, 2.24) is 5.32 Å². The summed E-state index contributed by atoms with van der Waals surface area (Å²) < 4.78 is 0. The summed E-state index contributed by atoms with van der Waals surface area (Å²) in [6.45, 7) is 0.554. The Kier molecular flexibility index (Phi) is 8.20. The summed E-state index contributed by atoms with van der Waals surface area (Å²) in [6.07, 6.45) is 2.22. The monoisotopic (exact) mass is 205 g/mol. The molecule has 0 amide bonds. The molecule has 6 N–H and O–H groups in total. The number of aliphatic hydroxyl groups excluding tert-OH is 2. The van der Waals surface area contributed by atoms with Gasteiger partial charge in [0.2, 0.25) is 0 Å². The van der Waals surface area contributed by atoms with Crippen LogP contribution < -0.4 is 11.1 Å². The van der Waals surface area contributed by atoms with E-state index in [9.17, 15) is 0 Å². The number of amidine groups is 1. The summed E-state index contributed by atoms with van der Waals surface area (Å²) >= 11 is 0. The highest BCUT2D eigenvalue weighted by molar-refractivity contribution is 5.79. The minimum Gasteiger partial charge on any atom is -0.409 e. The third kappa shape index (κ3) is 6.64. The number of rotatable bonds is 8. The largest absolute Gasteiger partial charge is 0.409 e. The molecule has 0 spiro atoms. The second-order valence-corrected chi connectivity index (χ2v) is 3.06. The molecular weight excluding hydrogens is 186 g/mol. The van der Waals surface area contributed by atoms with Gasteiger partial charge < -0.3 is 26.5 Å². The van der Waals surface area contributed by atoms with Crippen molar-refractivity contribution in [2.75, 3.05) is 19.8 Å². The zero-order chi connectivity index (χ0) is 10.8. The summed E-state index contributed by atoms with van der Waals surface area (Å²) in [5.41, 5.74) is 5.27. The summed E-state index contributed by atoms with van der Waals surface area (Å²) in [5.74, 6) is 0.228. The van der Waals surface area contributed by atoms with Gasteiger partial charge >= 0.3 is 0 Å². The van der Waals surface area contributed by atoms with Crippen LogP contribution in [-0.4, -0.2) is 47.1 Å². The van der Waals surface area contributed by atoms with Gasteiger partial charge in [0.1, 0.15) is 5.84 Å². The predicted molar refractivity (Wildman–Crippen MR) is 53.2 cm³/mol. The Labute approximate surface area is 83.4 Å². The molecule has 6 nitrogen and oxygen atoms in total. The van der Waals surface area contributed by atoms with Crippen molar-refractivity contribution in [3.8, 4) is 0 Å². The van der Waals surface area contributed by atoms with E-state index in [0.29, 0.717) is 13.0 Å². The molecule has 0 aliphatic carbocycles. The summed E-state index contributed by atoms with van der Waals surface area (Å²) in [4.78, 5) is 0. The molecule has 6 heteroatoms. The lowest BCUT2D eigenvalue weighted by atomic mass is 10.2. The van der Waals surface area contributed by atoms with E-state index in [4.69, 9.17) is 21.2 Å². The molecule has 0 aliphatic heterocycles. The fourth-order valence-electron chi connectivity index (χ4n) is 0.974. The van der Waals surface area contributed by atoms with Crippen LogP contribution in [0.5, 0.6) is 0 Å². The molecule has 0 fully saturated rings. The summed E-state index contributed by atoms with van der Waals surface area (Å²) in [6, 6.07) is -0.251. The van der Waals surface area contributed by atoms with Crippen molar-refractivity contribution in [3.05, 3.63) is 0 Å². The van der Waals surface area contributed by atoms with Crippen LogP contribution in [0.3, 0.4) is 0 Å². The fourth-order valence-corrected chi connectivity index (χ4v) is 0.974. The Hall–Kier alpha value is -0.850. The lowest BCUT2D eigenvalue weighted by Gasteiger charge is -2.12. The fraction of sp³-hybridized carbons (Fsp3) is 0.875. The van der Waals surface area contributed by atoms with E-state index in [1.165, 1.54) is 0 Å². The zero-order valence-electron chi connectivity index (χ0n) is 8.19. The Morgan fingerprint density at radius 1 is 1.29 bits per heavy atom. The molecule has 0 saturated carbocycles. The second kappa shape index (κ2) is 8.74. The molecule has 0 aromatic carbocycles.